The number of para-hydroxylation sites is 3. The molecule has 0 fully saturated rings. The van der Waals surface area contributed by atoms with Gasteiger partial charge in [0, 0.05) is 33.2 Å². The van der Waals surface area contributed by atoms with Gasteiger partial charge in [-0.3, -0.25) is 9.97 Å². The molecule has 0 amide bonds. The summed E-state index contributed by atoms with van der Waals surface area (Å²) in [5.74, 6) is 0. The Bertz CT molecular complexity index is 1800. The molecule has 0 bridgehead atoms. The topological polar surface area (TPSA) is 30.7 Å². The van der Waals surface area contributed by atoms with Gasteiger partial charge in [-0.05, 0) is 56.9 Å². The van der Waals surface area contributed by atoms with Crippen molar-refractivity contribution in [2.75, 3.05) is 0 Å². The first kappa shape index (κ1) is 17.8. The van der Waals surface area contributed by atoms with Gasteiger partial charge < -0.3 is 4.57 Å². The number of pyridine rings is 2. The van der Waals surface area contributed by atoms with E-state index in [1.54, 1.807) is 0 Å². The summed E-state index contributed by atoms with van der Waals surface area (Å²) in [4.78, 5) is 9.70. The molecule has 1 unspecified atom stereocenters. The van der Waals surface area contributed by atoms with Crippen LogP contribution in [0.3, 0.4) is 0 Å². The zero-order chi connectivity index (χ0) is 21.7. The molecule has 4 heteroatoms. The average molecular weight is 486 g/mol. The first-order chi connectivity index (χ1) is 16.3. The normalized spacial score (nSPS) is 17.4. The van der Waals surface area contributed by atoms with Gasteiger partial charge in [-0.25, -0.2) is 0 Å². The number of hydrogen-bond donors (Lipinski definition) is 0. The van der Waals surface area contributed by atoms with Gasteiger partial charge >= 0.3 is 0 Å². The molecule has 1 atom stereocenters. The van der Waals surface area contributed by atoms with Crippen molar-refractivity contribution in [3.8, 4) is 17.1 Å². The molecule has 0 N–H and O–H groups in total. The summed E-state index contributed by atoms with van der Waals surface area (Å²) in [6, 6.07) is 30.8. The summed E-state index contributed by atoms with van der Waals surface area (Å²) in [5, 5.41) is 2.55. The molecule has 1 aliphatic carbocycles. The Balaban J connectivity index is 1.70. The second kappa shape index (κ2) is 5.97. The summed E-state index contributed by atoms with van der Waals surface area (Å²) < 4.78 is 3.42. The molecule has 0 saturated heterocycles. The molecule has 4 heterocycles. The number of fused-ring (bicyclic) bond motifs is 12. The van der Waals surface area contributed by atoms with Crippen molar-refractivity contribution in [1.29, 1.82) is 0 Å². The highest BCUT2D eigenvalue weighted by molar-refractivity contribution is 9.10. The lowest BCUT2D eigenvalue weighted by atomic mass is 9.66. The molecule has 3 nitrogen and oxygen atoms in total. The van der Waals surface area contributed by atoms with E-state index in [4.69, 9.17) is 9.97 Å². The number of rotatable bonds is 0. The maximum atomic E-state index is 4.87. The Kier molecular flexibility index (Phi) is 3.21. The van der Waals surface area contributed by atoms with Crippen LogP contribution in [0.25, 0.3) is 38.9 Å². The van der Waals surface area contributed by atoms with Gasteiger partial charge in [0.15, 0.2) is 0 Å². The summed E-state index contributed by atoms with van der Waals surface area (Å²) in [5.41, 5.74) is 10.1. The minimum atomic E-state index is -0.476. The second-order valence-electron chi connectivity index (χ2n) is 8.77. The lowest BCUT2D eigenvalue weighted by Gasteiger charge is -2.39. The lowest BCUT2D eigenvalue weighted by Crippen LogP contribution is -2.33. The van der Waals surface area contributed by atoms with Crippen LogP contribution in [-0.4, -0.2) is 14.5 Å². The van der Waals surface area contributed by atoms with Crippen LogP contribution in [0.5, 0.6) is 0 Å². The minimum absolute atomic E-state index is 0.476. The minimum Gasteiger partial charge on any atom is -0.309 e. The predicted octanol–water partition coefficient (Wildman–Crippen LogP) is 7.01. The van der Waals surface area contributed by atoms with Gasteiger partial charge in [-0.15, -0.1) is 0 Å². The lowest BCUT2D eigenvalue weighted by molar-refractivity contribution is 0.744. The van der Waals surface area contributed by atoms with Crippen LogP contribution in [0.2, 0.25) is 0 Å². The standard InChI is InChI=1S/C29H16BrN3/c30-17-15-23-27(32-16-17)26-21(11-6-14-31-26)29(23)20-9-2-4-13-25(20)33-24-12-3-1-7-18(24)19-8-5-10-22(29)28(19)33/h1-16H. The van der Waals surface area contributed by atoms with Crippen molar-refractivity contribution in [2.24, 2.45) is 0 Å². The monoisotopic (exact) mass is 485 g/mol. The molecule has 3 aromatic carbocycles. The van der Waals surface area contributed by atoms with E-state index >= 15 is 0 Å². The van der Waals surface area contributed by atoms with Crippen molar-refractivity contribution >= 4 is 37.7 Å². The molecule has 2 aliphatic rings. The van der Waals surface area contributed by atoms with E-state index < -0.39 is 5.41 Å². The number of halogens is 1. The highest BCUT2D eigenvalue weighted by atomic mass is 79.9. The SMILES string of the molecule is Brc1cnc2c(c1)C1(c3ccccc3-n3c4ccccc4c4cccc1c43)c1cccnc1-2. The van der Waals surface area contributed by atoms with Crippen LogP contribution in [0.15, 0.2) is 102 Å². The van der Waals surface area contributed by atoms with E-state index in [2.05, 4.69) is 105 Å². The third-order valence-electron chi connectivity index (χ3n) is 7.34. The third-order valence-corrected chi connectivity index (χ3v) is 7.78. The van der Waals surface area contributed by atoms with Gasteiger partial charge in [-0.2, -0.15) is 0 Å². The Labute approximate surface area is 198 Å². The quantitative estimate of drug-likeness (QED) is 0.231. The van der Waals surface area contributed by atoms with Crippen LogP contribution < -0.4 is 0 Å². The summed E-state index contributed by atoms with van der Waals surface area (Å²) >= 11 is 3.71. The number of benzene rings is 3. The van der Waals surface area contributed by atoms with Gasteiger partial charge in [0.05, 0.1) is 33.5 Å². The molecular weight excluding hydrogens is 470 g/mol. The fraction of sp³-hybridized carbons (Fsp3) is 0.0345. The Hall–Kier alpha value is -3.76. The van der Waals surface area contributed by atoms with Crippen LogP contribution in [0.1, 0.15) is 22.3 Å². The molecule has 33 heavy (non-hydrogen) atoms. The van der Waals surface area contributed by atoms with Crippen LogP contribution in [-0.2, 0) is 5.41 Å². The number of hydrogen-bond acceptors (Lipinski definition) is 2. The first-order valence-electron chi connectivity index (χ1n) is 11.0. The number of nitrogens with zero attached hydrogens (tertiary/aromatic N) is 3. The summed E-state index contributed by atoms with van der Waals surface area (Å²) in [7, 11) is 0. The molecular formula is C29H16BrN3. The van der Waals surface area contributed by atoms with E-state index in [-0.39, 0.29) is 0 Å². The van der Waals surface area contributed by atoms with Crippen molar-refractivity contribution in [3.05, 3.63) is 124 Å². The first-order valence-corrected chi connectivity index (χ1v) is 11.8. The van der Waals surface area contributed by atoms with Gasteiger partial charge in [-0.1, -0.05) is 60.7 Å². The Morgan fingerprint density at radius 3 is 2.39 bits per heavy atom. The molecule has 0 radical (unpaired) electrons. The average Bonchev–Trinajstić information content (AvgIpc) is 3.35. The van der Waals surface area contributed by atoms with Crippen LogP contribution >= 0.6 is 15.9 Å². The van der Waals surface area contributed by atoms with E-state index in [0.717, 1.165) is 15.9 Å². The summed E-state index contributed by atoms with van der Waals surface area (Å²) in [6.45, 7) is 0. The molecule has 1 aliphatic heterocycles. The highest BCUT2D eigenvalue weighted by Gasteiger charge is 2.52. The largest absolute Gasteiger partial charge is 0.309 e. The molecule has 1 spiro atoms. The zero-order valence-electron chi connectivity index (χ0n) is 17.5. The fourth-order valence-corrected chi connectivity index (χ4v) is 6.57. The number of aromatic nitrogens is 3. The van der Waals surface area contributed by atoms with E-state index in [1.807, 2.05) is 12.4 Å². The second-order valence-corrected chi connectivity index (χ2v) is 9.69. The Morgan fingerprint density at radius 1 is 0.667 bits per heavy atom. The van der Waals surface area contributed by atoms with Gasteiger partial charge in [0.1, 0.15) is 0 Å². The van der Waals surface area contributed by atoms with Crippen molar-refractivity contribution in [3.63, 3.8) is 0 Å². The Morgan fingerprint density at radius 2 is 1.42 bits per heavy atom. The van der Waals surface area contributed by atoms with Crippen LogP contribution in [0, 0.1) is 0 Å². The van der Waals surface area contributed by atoms with Crippen molar-refractivity contribution in [1.82, 2.24) is 14.5 Å². The highest BCUT2D eigenvalue weighted by Crippen LogP contribution is 2.60. The third kappa shape index (κ3) is 1.94. The van der Waals surface area contributed by atoms with Crippen molar-refractivity contribution in [2.45, 2.75) is 5.41 Å². The summed E-state index contributed by atoms with van der Waals surface area (Å²) in [6.07, 6.45) is 3.75. The molecule has 8 rings (SSSR count). The van der Waals surface area contributed by atoms with E-state index in [9.17, 15) is 0 Å². The van der Waals surface area contributed by atoms with E-state index in [1.165, 1.54) is 49.7 Å². The predicted molar refractivity (Wildman–Crippen MR) is 135 cm³/mol. The maximum absolute atomic E-state index is 4.87. The molecule has 3 aromatic heterocycles. The maximum Gasteiger partial charge on any atom is 0.0938 e. The fourth-order valence-electron chi connectivity index (χ4n) is 6.24. The van der Waals surface area contributed by atoms with Crippen molar-refractivity contribution < 1.29 is 0 Å². The van der Waals surface area contributed by atoms with Gasteiger partial charge in [0.2, 0.25) is 0 Å². The molecule has 0 saturated carbocycles. The molecule has 154 valence electrons. The smallest absolute Gasteiger partial charge is 0.0938 e. The van der Waals surface area contributed by atoms with Crippen LogP contribution in [0.4, 0.5) is 0 Å². The zero-order valence-corrected chi connectivity index (χ0v) is 19.0. The van der Waals surface area contributed by atoms with Gasteiger partial charge in [0.25, 0.3) is 0 Å². The van der Waals surface area contributed by atoms with E-state index in [0.29, 0.717) is 0 Å². The molecule has 6 aromatic rings.